The first-order chi connectivity index (χ1) is 8.22. The second kappa shape index (κ2) is 4.82. The van der Waals surface area contributed by atoms with E-state index in [0.29, 0.717) is 0 Å². The van der Waals surface area contributed by atoms with Crippen molar-refractivity contribution in [2.24, 2.45) is 0 Å². The summed E-state index contributed by atoms with van der Waals surface area (Å²) in [6, 6.07) is 10.1. The fraction of sp³-hybridized carbons (Fsp3) is 0.231. The molecule has 1 heterocycles. The van der Waals surface area contributed by atoms with Crippen LogP contribution in [0.2, 0.25) is 0 Å². The highest BCUT2D eigenvalue weighted by molar-refractivity contribution is 5.61. The Kier molecular flexibility index (Phi) is 3.23. The van der Waals surface area contributed by atoms with Gasteiger partial charge in [-0.3, -0.25) is 0 Å². The highest BCUT2D eigenvalue weighted by Crippen LogP contribution is 2.20. The Bertz CT molecular complexity index is 483. The highest BCUT2D eigenvalue weighted by Gasteiger charge is 2.05. The lowest BCUT2D eigenvalue weighted by Gasteiger charge is -2.07. The van der Waals surface area contributed by atoms with Crippen molar-refractivity contribution in [2.45, 2.75) is 6.92 Å². The zero-order valence-electron chi connectivity index (χ0n) is 10.3. The second-order valence-corrected chi connectivity index (χ2v) is 3.83. The summed E-state index contributed by atoms with van der Waals surface area (Å²) >= 11 is 0. The number of hydrogen-bond donors (Lipinski definition) is 2. The molecule has 0 saturated heterocycles. The molecule has 0 unspecified atom stereocenters. The maximum atomic E-state index is 4.44. The zero-order chi connectivity index (χ0) is 12.3. The van der Waals surface area contributed by atoms with Crippen molar-refractivity contribution < 1.29 is 0 Å². The van der Waals surface area contributed by atoms with Gasteiger partial charge < -0.3 is 10.6 Å². The van der Waals surface area contributed by atoms with Crippen molar-refractivity contribution in [2.75, 3.05) is 24.7 Å². The number of aromatic nitrogens is 2. The number of nitrogens with one attached hydrogen (secondary N) is 2. The van der Waals surface area contributed by atoms with E-state index in [9.17, 15) is 0 Å². The van der Waals surface area contributed by atoms with Crippen molar-refractivity contribution in [1.29, 1.82) is 0 Å². The van der Waals surface area contributed by atoms with Crippen LogP contribution in [0.4, 0.5) is 11.6 Å². The summed E-state index contributed by atoms with van der Waals surface area (Å²) in [6.45, 7) is 2.06. The van der Waals surface area contributed by atoms with Gasteiger partial charge in [0.1, 0.15) is 11.6 Å². The van der Waals surface area contributed by atoms with Crippen LogP contribution in [-0.4, -0.2) is 24.1 Å². The molecule has 4 nitrogen and oxygen atoms in total. The molecule has 88 valence electrons. The molecule has 4 heteroatoms. The molecule has 1 aromatic carbocycles. The van der Waals surface area contributed by atoms with E-state index in [1.807, 2.05) is 32.3 Å². The summed E-state index contributed by atoms with van der Waals surface area (Å²) in [5, 5.41) is 6.06. The van der Waals surface area contributed by atoms with Gasteiger partial charge in [-0.1, -0.05) is 29.8 Å². The quantitative estimate of drug-likeness (QED) is 0.847. The molecule has 1 aromatic heterocycles. The summed E-state index contributed by atoms with van der Waals surface area (Å²) in [7, 11) is 3.70. The number of anilines is 2. The van der Waals surface area contributed by atoms with Gasteiger partial charge >= 0.3 is 0 Å². The van der Waals surface area contributed by atoms with Gasteiger partial charge in [0.25, 0.3) is 0 Å². The number of hydrogen-bond acceptors (Lipinski definition) is 4. The maximum absolute atomic E-state index is 4.44. The third-order valence-corrected chi connectivity index (χ3v) is 2.55. The number of rotatable bonds is 3. The smallest absolute Gasteiger partial charge is 0.163 e. The van der Waals surface area contributed by atoms with Crippen LogP contribution < -0.4 is 10.6 Å². The Morgan fingerprint density at radius 2 is 1.41 bits per heavy atom. The van der Waals surface area contributed by atoms with Gasteiger partial charge in [-0.25, -0.2) is 9.97 Å². The molecule has 2 N–H and O–H groups in total. The van der Waals surface area contributed by atoms with Gasteiger partial charge in [0.15, 0.2) is 5.82 Å². The van der Waals surface area contributed by atoms with Crippen molar-refractivity contribution in [3.05, 3.63) is 35.9 Å². The lowest BCUT2D eigenvalue weighted by molar-refractivity contribution is 1.16. The fourth-order valence-electron chi connectivity index (χ4n) is 1.54. The normalized spacial score (nSPS) is 10.1. The van der Waals surface area contributed by atoms with E-state index >= 15 is 0 Å². The van der Waals surface area contributed by atoms with Crippen LogP contribution in [0.25, 0.3) is 11.4 Å². The molecule has 2 rings (SSSR count). The Morgan fingerprint density at radius 3 is 1.88 bits per heavy atom. The fourth-order valence-corrected chi connectivity index (χ4v) is 1.54. The van der Waals surface area contributed by atoms with E-state index in [2.05, 4.69) is 39.7 Å². The van der Waals surface area contributed by atoms with Crippen LogP contribution in [0.15, 0.2) is 30.3 Å². The highest BCUT2D eigenvalue weighted by atomic mass is 15.1. The van der Waals surface area contributed by atoms with Crippen LogP contribution in [0.1, 0.15) is 5.56 Å². The Labute approximate surface area is 101 Å². The molecule has 0 radical (unpaired) electrons. The minimum absolute atomic E-state index is 0.723. The average Bonchev–Trinajstić information content (AvgIpc) is 2.39. The van der Waals surface area contributed by atoms with Gasteiger partial charge in [-0.2, -0.15) is 0 Å². The summed E-state index contributed by atoms with van der Waals surface area (Å²) < 4.78 is 0. The van der Waals surface area contributed by atoms with Gasteiger partial charge in [0.05, 0.1) is 0 Å². The average molecular weight is 228 g/mol. The van der Waals surface area contributed by atoms with Gasteiger partial charge in [0.2, 0.25) is 0 Å². The Hall–Kier alpha value is -2.10. The van der Waals surface area contributed by atoms with E-state index < -0.39 is 0 Å². The van der Waals surface area contributed by atoms with E-state index in [1.165, 1.54) is 5.56 Å². The minimum atomic E-state index is 0.723. The van der Waals surface area contributed by atoms with Crippen LogP contribution in [0.3, 0.4) is 0 Å². The first-order valence-electron chi connectivity index (χ1n) is 5.54. The largest absolute Gasteiger partial charge is 0.373 e. The van der Waals surface area contributed by atoms with Crippen molar-refractivity contribution >= 4 is 11.6 Å². The third kappa shape index (κ3) is 2.53. The summed E-state index contributed by atoms with van der Waals surface area (Å²) in [5.41, 5.74) is 2.25. The molecule has 0 aliphatic carbocycles. The Morgan fingerprint density at radius 1 is 0.882 bits per heavy atom. The second-order valence-electron chi connectivity index (χ2n) is 3.83. The lowest BCUT2D eigenvalue weighted by Crippen LogP contribution is -2.01. The third-order valence-electron chi connectivity index (χ3n) is 2.55. The zero-order valence-corrected chi connectivity index (χ0v) is 10.3. The van der Waals surface area contributed by atoms with Crippen LogP contribution in [0, 0.1) is 6.92 Å². The molecule has 0 amide bonds. The topological polar surface area (TPSA) is 49.8 Å². The van der Waals surface area contributed by atoms with Crippen molar-refractivity contribution in [3.63, 3.8) is 0 Å². The summed E-state index contributed by atoms with van der Waals surface area (Å²) in [5.74, 6) is 2.33. The van der Waals surface area contributed by atoms with Gasteiger partial charge in [-0.15, -0.1) is 0 Å². The summed E-state index contributed by atoms with van der Waals surface area (Å²) in [4.78, 5) is 8.88. The molecular weight excluding hydrogens is 212 g/mol. The Balaban J connectivity index is 2.46. The van der Waals surface area contributed by atoms with E-state index in [-0.39, 0.29) is 0 Å². The number of nitrogens with zero attached hydrogens (tertiary/aromatic N) is 2. The van der Waals surface area contributed by atoms with Crippen LogP contribution >= 0.6 is 0 Å². The molecule has 0 saturated carbocycles. The maximum Gasteiger partial charge on any atom is 0.163 e. The first-order valence-corrected chi connectivity index (χ1v) is 5.54. The van der Waals surface area contributed by atoms with Crippen molar-refractivity contribution in [1.82, 2.24) is 9.97 Å². The van der Waals surface area contributed by atoms with Gasteiger partial charge in [-0.05, 0) is 6.92 Å². The van der Waals surface area contributed by atoms with Gasteiger partial charge in [0, 0.05) is 25.7 Å². The van der Waals surface area contributed by atoms with Crippen LogP contribution in [-0.2, 0) is 0 Å². The minimum Gasteiger partial charge on any atom is -0.373 e. The van der Waals surface area contributed by atoms with E-state index in [4.69, 9.17) is 0 Å². The molecule has 0 aliphatic heterocycles. The molecule has 0 atom stereocenters. The monoisotopic (exact) mass is 228 g/mol. The molecule has 0 spiro atoms. The molecule has 0 aliphatic rings. The van der Waals surface area contributed by atoms with E-state index in [0.717, 1.165) is 23.0 Å². The number of aryl methyl sites for hydroxylation is 1. The predicted molar refractivity (Wildman–Crippen MR) is 71.3 cm³/mol. The SMILES string of the molecule is CNc1cc(NC)nc(-c2ccc(C)cc2)n1. The molecule has 17 heavy (non-hydrogen) atoms. The number of benzene rings is 1. The van der Waals surface area contributed by atoms with Crippen LogP contribution in [0.5, 0.6) is 0 Å². The first kappa shape index (κ1) is 11.4. The predicted octanol–water partition coefficient (Wildman–Crippen LogP) is 2.54. The lowest BCUT2D eigenvalue weighted by atomic mass is 10.1. The molecular formula is C13H16N4. The molecule has 2 aromatic rings. The molecule has 0 fully saturated rings. The standard InChI is InChI=1S/C13H16N4/c1-9-4-6-10(7-5-9)13-16-11(14-2)8-12(15-3)17-13/h4-8H,1-3H3,(H2,14,15,16,17). The molecule has 0 bridgehead atoms. The van der Waals surface area contributed by atoms with Crippen molar-refractivity contribution in [3.8, 4) is 11.4 Å². The summed E-state index contributed by atoms with van der Waals surface area (Å²) in [6.07, 6.45) is 0. The van der Waals surface area contributed by atoms with E-state index in [1.54, 1.807) is 0 Å².